The van der Waals surface area contributed by atoms with Crippen molar-refractivity contribution in [3.63, 3.8) is 0 Å². The second-order valence-corrected chi connectivity index (χ2v) is 7.66. The Morgan fingerprint density at radius 2 is 1.85 bits per heavy atom. The third kappa shape index (κ3) is 2.11. The zero-order chi connectivity index (χ0) is 14.3. The Morgan fingerprint density at radius 3 is 2.40 bits per heavy atom. The predicted octanol–water partition coefficient (Wildman–Crippen LogP) is 3.11. The minimum atomic E-state index is -3.39. The number of piperidine rings is 1. The highest BCUT2D eigenvalue weighted by molar-refractivity contribution is 7.89. The lowest BCUT2D eigenvalue weighted by Crippen LogP contribution is -2.54. The van der Waals surface area contributed by atoms with E-state index in [0.29, 0.717) is 10.8 Å². The number of sulfonamides is 1. The van der Waals surface area contributed by atoms with Crippen LogP contribution in [0.25, 0.3) is 0 Å². The molecular formula is C16H21NO2S. The minimum Gasteiger partial charge on any atom is -0.207 e. The first-order valence-electron chi connectivity index (χ1n) is 7.32. The topological polar surface area (TPSA) is 37.4 Å². The second-order valence-electron chi connectivity index (χ2n) is 5.82. The molecular weight excluding hydrogens is 270 g/mol. The van der Waals surface area contributed by atoms with Crippen LogP contribution in [-0.4, -0.2) is 24.8 Å². The summed E-state index contributed by atoms with van der Waals surface area (Å²) in [5.41, 5.74) is 1.08. The Bertz CT molecular complexity index is 618. The number of hydrogen-bond acceptors (Lipinski definition) is 2. The largest absolute Gasteiger partial charge is 0.243 e. The molecule has 0 amide bonds. The van der Waals surface area contributed by atoms with Crippen molar-refractivity contribution >= 4 is 10.0 Å². The van der Waals surface area contributed by atoms with Crippen molar-refractivity contribution in [3.05, 3.63) is 42.0 Å². The van der Waals surface area contributed by atoms with E-state index in [1.165, 1.54) is 0 Å². The molecule has 3 atom stereocenters. The zero-order valence-corrected chi connectivity index (χ0v) is 12.8. The van der Waals surface area contributed by atoms with Gasteiger partial charge in [0.1, 0.15) is 0 Å². The van der Waals surface area contributed by atoms with Crippen molar-refractivity contribution in [2.24, 2.45) is 5.92 Å². The molecule has 108 valence electrons. The Hall–Kier alpha value is -1.13. The second kappa shape index (κ2) is 5.01. The summed E-state index contributed by atoms with van der Waals surface area (Å²) in [4.78, 5) is 0.419. The van der Waals surface area contributed by atoms with Crippen LogP contribution >= 0.6 is 0 Å². The van der Waals surface area contributed by atoms with Gasteiger partial charge in [0.05, 0.1) is 4.90 Å². The molecule has 1 fully saturated rings. The van der Waals surface area contributed by atoms with Gasteiger partial charge in [0.2, 0.25) is 10.0 Å². The third-order valence-corrected chi connectivity index (χ3v) is 6.50. The molecule has 1 aromatic carbocycles. The number of fused-ring (bicyclic) bond motifs is 2. The van der Waals surface area contributed by atoms with E-state index in [1.54, 1.807) is 16.4 Å². The average Bonchev–Trinajstić information content (AvgIpc) is 2.47. The molecule has 4 heteroatoms. The molecule has 0 saturated carbocycles. The molecule has 0 unspecified atom stereocenters. The van der Waals surface area contributed by atoms with Crippen LogP contribution in [0.1, 0.15) is 31.7 Å². The quantitative estimate of drug-likeness (QED) is 0.802. The molecule has 0 radical (unpaired) electrons. The number of rotatable bonds is 3. The number of hydrogen-bond donors (Lipinski definition) is 0. The van der Waals surface area contributed by atoms with Crippen LogP contribution in [0.2, 0.25) is 0 Å². The summed E-state index contributed by atoms with van der Waals surface area (Å²) in [6.45, 7) is 4.05. The summed E-state index contributed by atoms with van der Waals surface area (Å²) in [6.07, 6.45) is 7.22. The van der Waals surface area contributed by atoms with Crippen molar-refractivity contribution in [1.29, 1.82) is 0 Å². The van der Waals surface area contributed by atoms with Crippen LogP contribution in [0, 0.1) is 12.8 Å². The SMILES string of the molecule is CC[C@H]1[C@@H]2C=C[C@@H](CC2)N1S(=O)(=O)c1ccc(C)cc1. The maximum atomic E-state index is 12.9. The first kappa shape index (κ1) is 13.8. The average molecular weight is 291 g/mol. The maximum Gasteiger partial charge on any atom is 0.243 e. The number of benzene rings is 1. The summed E-state index contributed by atoms with van der Waals surface area (Å²) in [5, 5.41) is 0. The number of nitrogens with zero attached hydrogens (tertiary/aromatic N) is 1. The van der Waals surface area contributed by atoms with Crippen molar-refractivity contribution in [3.8, 4) is 0 Å². The molecule has 2 aliphatic heterocycles. The van der Waals surface area contributed by atoms with E-state index >= 15 is 0 Å². The van der Waals surface area contributed by atoms with E-state index in [4.69, 9.17) is 0 Å². The molecule has 0 N–H and O–H groups in total. The molecule has 0 aromatic heterocycles. The fourth-order valence-corrected chi connectivity index (χ4v) is 5.38. The van der Waals surface area contributed by atoms with Crippen LogP contribution in [0.3, 0.4) is 0 Å². The van der Waals surface area contributed by atoms with Crippen LogP contribution in [0.15, 0.2) is 41.3 Å². The lowest BCUT2D eigenvalue weighted by atomic mass is 9.81. The summed E-state index contributed by atoms with van der Waals surface area (Å²) >= 11 is 0. The lowest BCUT2D eigenvalue weighted by molar-refractivity contribution is 0.147. The van der Waals surface area contributed by atoms with Crippen LogP contribution in [0.4, 0.5) is 0 Å². The van der Waals surface area contributed by atoms with E-state index in [9.17, 15) is 8.42 Å². The molecule has 1 saturated heterocycles. The lowest BCUT2D eigenvalue weighted by Gasteiger charge is -2.46. The van der Waals surface area contributed by atoms with Gasteiger partial charge in [-0.25, -0.2) is 8.42 Å². The summed E-state index contributed by atoms with van der Waals surface area (Å²) in [6, 6.07) is 7.34. The molecule has 0 spiro atoms. The van der Waals surface area contributed by atoms with E-state index < -0.39 is 10.0 Å². The summed E-state index contributed by atoms with van der Waals surface area (Å²) in [5.74, 6) is 0.380. The Kier molecular flexibility index (Phi) is 3.46. The monoisotopic (exact) mass is 291 g/mol. The van der Waals surface area contributed by atoms with Crippen molar-refractivity contribution in [1.82, 2.24) is 4.31 Å². The van der Waals surface area contributed by atoms with Crippen molar-refractivity contribution in [2.45, 2.75) is 50.1 Å². The summed E-state index contributed by atoms with van der Waals surface area (Å²) < 4.78 is 27.7. The third-order valence-electron chi connectivity index (χ3n) is 4.54. The van der Waals surface area contributed by atoms with Crippen LogP contribution in [0.5, 0.6) is 0 Å². The molecule has 4 rings (SSSR count). The van der Waals surface area contributed by atoms with Gasteiger partial charge in [-0.1, -0.05) is 36.8 Å². The predicted molar refractivity (Wildman–Crippen MR) is 79.9 cm³/mol. The highest BCUT2D eigenvalue weighted by Crippen LogP contribution is 2.39. The van der Waals surface area contributed by atoms with Crippen molar-refractivity contribution in [2.75, 3.05) is 0 Å². The van der Waals surface area contributed by atoms with Gasteiger partial charge >= 0.3 is 0 Å². The summed E-state index contributed by atoms with van der Waals surface area (Å²) in [7, 11) is -3.39. The standard InChI is InChI=1S/C16H21NO2S/c1-3-16-13-6-8-14(9-7-13)17(16)20(18,19)15-10-4-12(2)5-11-15/h4-6,8,10-11,13-14,16H,3,7,9H2,1-2H3/t13-,14+,16+/m1/s1. The minimum absolute atomic E-state index is 0.0382. The molecule has 20 heavy (non-hydrogen) atoms. The molecule has 3 nitrogen and oxygen atoms in total. The highest BCUT2D eigenvalue weighted by atomic mass is 32.2. The fraction of sp³-hybridized carbons (Fsp3) is 0.500. The Balaban J connectivity index is 2.02. The molecule has 1 aliphatic carbocycles. The van der Waals surface area contributed by atoms with Crippen LogP contribution in [-0.2, 0) is 10.0 Å². The van der Waals surface area contributed by atoms with Crippen LogP contribution < -0.4 is 0 Å². The van der Waals surface area contributed by atoms with Gasteiger partial charge in [0.15, 0.2) is 0 Å². The van der Waals surface area contributed by atoms with Gasteiger partial charge < -0.3 is 0 Å². The first-order chi connectivity index (χ1) is 9.54. The Labute approximate surface area is 121 Å². The van der Waals surface area contributed by atoms with E-state index in [-0.39, 0.29) is 12.1 Å². The smallest absolute Gasteiger partial charge is 0.207 e. The van der Waals surface area contributed by atoms with Gasteiger partial charge in [-0.15, -0.1) is 0 Å². The van der Waals surface area contributed by atoms with Crippen molar-refractivity contribution < 1.29 is 8.42 Å². The Morgan fingerprint density at radius 1 is 1.15 bits per heavy atom. The van der Waals surface area contributed by atoms with Gasteiger partial charge in [-0.2, -0.15) is 4.31 Å². The van der Waals surface area contributed by atoms with Gasteiger partial charge in [-0.05, 0) is 44.2 Å². The zero-order valence-electron chi connectivity index (χ0n) is 12.0. The van der Waals surface area contributed by atoms with Gasteiger partial charge in [0, 0.05) is 12.1 Å². The molecule has 2 bridgehead atoms. The maximum absolute atomic E-state index is 12.9. The van der Waals surface area contributed by atoms with E-state index in [1.807, 2.05) is 19.1 Å². The van der Waals surface area contributed by atoms with Gasteiger partial charge in [0.25, 0.3) is 0 Å². The molecule has 1 aromatic rings. The number of aryl methyl sites for hydroxylation is 1. The van der Waals surface area contributed by atoms with Gasteiger partial charge in [-0.3, -0.25) is 0 Å². The van der Waals surface area contributed by atoms with E-state index in [2.05, 4.69) is 19.1 Å². The normalized spacial score (nSPS) is 29.8. The fourth-order valence-electron chi connectivity index (χ4n) is 3.47. The first-order valence-corrected chi connectivity index (χ1v) is 8.76. The molecule has 3 aliphatic rings. The highest BCUT2D eigenvalue weighted by Gasteiger charge is 2.44. The van der Waals surface area contributed by atoms with E-state index in [0.717, 1.165) is 24.8 Å². The molecule has 2 heterocycles.